The van der Waals surface area contributed by atoms with Crippen LogP contribution in [0.3, 0.4) is 0 Å². The molecule has 6 nitrogen and oxygen atoms in total. The summed E-state index contributed by atoms with van der Waals surface area (Å²) in [5, 5.41) is 9.00. The van der Waals surface area contributed by atoms with Crippen LogP contribution >= 0.6 is 0 Å². The van der Waals surface area contributed by atoms with Gasteiger partial charge in [0, 0.05) is 0 Å². The summed E-state index contributed by atoms with van der Waals surface area (Å²) in [6, 6.07) is 9.39. The van der Waals surface area contributed by atoms with Crippen molar-refractivity contribution in [1.82, 2.24) is 4.72 Å². The van der Waals surface area contributed by atoms with E-state index in [9.17, 15) is 13.2 Å². The maximum atomic E-state index is 11.7. The van der Waals surface area contributed by atoms with E-state index in [0.717, 1.165) is 0 Å². The first-order valence-corrected chi connectivity index (χ1v) is 7.15. The third-order valence-corrected chi connectivity index (χ3v) is 3.70. The minimum absolute atomic E-state index is 0.251. The molecule has 1 aromatic rings. The number of nitriles is 1. The van der Waals surface area contributed by atoms with E-state index in [-0.39, 0.29) is 6.42 Å². The zero-order valence-corrected chi connectivity index (χ0v) is 11.2. The van der Waals surface area contributed by atoms with Gasteiger partial charge in [-0.05, 0) is 5.56 Å². The van der Waals surface area contributed by atoms with Gasteiger partial charge in [0.15, 0.2) is 0 Å². The maximum Gasteiger partial charge on any atom is 0.306 e. The molecule has 0 fully saturated rings. The number of ether oxygens (including phenoxy) is 1. The van der Waals surface area contributed by atoms with Gasteiger partial charge in [0.25, 0.3) is 0 Å². The number of rotatable bonds is 6. The molecule has 0 aliphatic carbocycles. The molecule has 0 aliphatic heterocycles. The lowest BCUT2D eigenvalue weighted by molar-refractivity contribution is -0.140. The fourth-order valence-corrected chi connectivity index (χ4v) is 2.47. The van der Waals surface area contributed by atoms with Crippen molar-refractivity contribution < 1.29 is 17.9 Å². The van der Waals surface area contributed by atoms with Gasteiger partial charge in [0.2, 0.25) is 10.0 Å². The third kappa shape index (κ3) is 5.07. The topological polar surface area (TPSA) is 96.3 Å². The molecule has 0 saturated carbocycles. The monoisotopic (exact) mass is 282 g/mol. The summed E-state index contributed by atoms with van der Waals surface area (Å²) in [7, 11) is -2.53. The van der Waals surface area contributed by atoms with Crippen molar-refractivity contribution in [3.63, 3.8) is 0 Å². The van der Waals surface area contributed by atoms with Crippen molar-refractivity contribution >= 4 is 16.0 Å². The summed E-state index contributed by atoms with van der Waals surface area (Å²) < 4.78 is 30.1. The molecule has 0 heterocycles. The van der Waals surface area contributed by atoms with Crippen molar-refractivity contribution in [2.24, 2.45) is 0 Å². The number of nitrogens with one attached hydrogen (secondary N) is 1. The average Bonchev–Trinajstić information content (AvgIpc) is 2.43. The molecule has 0 aromatic heterocycles. The summed E-state index contributed by atoms with van der Waals surface area (Å²) in [5.41, 5.74) is 0.548. The van der Waals surface area contributed by atoms with Gasteiger partial charge in [-0.25, -0.2) is 8.42 Å². The number of hydrogen-bond donors (Lipinski definition) is 1. The number of sulfonamides is 1. The molecule has 1 N–H and O–H groups in total. The quantitative estimate of drug-likeness (QED) is 0.776. The number of methoxy groups -OCH3 is 1. The second-order valence-corrected chi connectivity index (χ2v) is 5.61. The summed E-state index contributed by atoms with van der Waals surface area (Å²) in [5.74, 6) is -1.02. The van der Waals surface area contributed by atoms with Crippen LogP contribution in [0.25, 0.3) is 0 Å². The van der Waals surface area contributed by atoms with Gasteiger partial charge in [0.1, 0.15) is 6.04 Å². The van der Waals surface area contributed by atoms with Gasteiger partial charge in [-0.3, -0.25) is 4.79 Å². The van der Waals surface area contributed by atoms with E-state index in [1.54, 1.807) is 30.3 Å². The standard InChI is InChI=1S/C12H14N2O4S/c1-18-12(15)7-8-19(16,17)14-11(9-13)10-5-3-2-4-6-10/h2-6,11,14H,7-8H2,1H3. The number of carbonyl (C=O) groups is 1. The van der Waals surface area contributed by atoms with E-state index in [4.69, 9.17) is 5.26 Å². The van der Waals surface area contributed by atoms with Crippen molar-refractivity contribution in [3.8, 4) is 6.07 Å². The summed E-state index contributed by atoms with van der Waals surface area (Å²) in [4.78, 5) is 10.9. The van der Waals surface area contributed by atoms with Crippen LogP contribution in [0.4, 0.5) is 0 Å². The predicted octanol–water partition coefficient (Wildman–Crippen LogP) is 0.734. The number of carbonyl (C=O) groups excluding carboxylic acids is 1. The Morgan fingerprint density at radius 2 is 2.05 bits per heavy atom. The van der Waals surface area contributed by atoms with Crippen LogP contribution in [0.15, 0.2) is 30.3 Å². The summed E-state index contributed by atoms with van der Waals surface area (Å²) >= 11 is 0. The first-order valence-electron chi connectivity index (χ1n) is 5.50. The number of nitrogens with zero attached hydrogens (tertiary/aromatic N) is 1. The van der Waals surface area contributed by atoms with Gasteiger partial charge >= 0.3 is 5.97 Å². The lowest BCUT2D eigenvalue weighted by Crippen LogP contribution is -2.30. The molecule has 0 spiro atoms. The molecular weight excluding hydrogens is 268 g/mol. The highest BCUT2D eigenvalue weighted by Crippen LogP contribution is 2.12. The molecule has 1 unspecified atom stereocenters. The van der Waals surface area contributed by atoms with E-state index in [1.807, 2.05) is 6.07 Å². The molecule has 0 amide bonds. The molecule has 102 valence electrons. The third-order valence-electron chi connectivity index (χ3n) is 2.36. The molecule has 1 atom stereocenters. The number of benzene rings is 1. The SMILES string of the molecule is COC(=O)CCS(=O)(=O)NC(C#N)c1ccccc1. The predicted molar refractivity (Wildman–Crippen MR) is 68.4 cm³/mol. The lowest BCUT2D eigenvalue weighted by Gasteiger charge is -2.11. The van der Waals surface area contributed by atoms with Crippen LogP contribution in [0, 0.1) is 11.3 Å². The Balaban J connectivity index is 2.71. The highest BCUT2D eigenvalue weighted by molar-refractivity contribution is 7.89. The van der Waals surface area contributed by atoms with Crippen LogP contribution in [-0.4, -0.2) is 27.2 Å². The molecule has 0 aliphatic rings. The van der Waals surface area contributed by atoms with Crippen LogP contribution in [0.5, 0.6) is 0 Å². The van der Waals surface area contributed by atoms with Crippen LogP contribution in [0.1, 0.15) is 18.0 Å². The molecule has 1 rings (SSSR count). The molecule has 1 aromatic carbocycles. The van der Waals surface area contributed by atoms with Gasteiger partial charge < -0.3 is 4.74 Å². The Bertz CT molecular complexity index is 563. The fraction of sp³-hybridized carbons (Fsp3) is 0.333. The van der Waals surface area contributed by atoms with Crippen LogP contribution in [-0.2, 0) is 19.6 Å². The largest absolute Gasteiger partial charge is 0.469 e. The summed E-state index contributed by atoms with van der Waals surface area (Å²) in [6.45, 7) is 0. The molecular formula is C12H14N2O4S. The van der Waals surface area contributed by atoms with Gasteiger partial charge in [-0.15, -0.1) is 0 Å². The minimum Gasteiger partial charge on any atom is -0.469 e. The Morgan fingerprint density at radius 1 is 1.42 bits per heavy atom. The van der Waals surface area contributed by atoms with Crippen molar-refractivity contribution in [2.45, 2.75) is 12.5 Å². The van der Waals surface area contributed by atoms with E-state index >= 15 is 0 Å². The molecule has 0 saturated heterocycles. The van der Waals surface area contributed by atoms with Gasteiger partial charge in [-0.2, -0.15) is 9.98 Å². The molecule has 0 radical (unpaired) electrons. The lowest BCUT2D eigenvalue weighted by atomic mass is 10.1. The number of hydrogen-bond acceptors (Lipinski definition) is 5. The Labute approximate surface area is 112 Å². The smallest absolute Gasteiger partial charge is 0.306 e. The second-order valence-electron chi connectivity index (χ2n) is 3.74. The Kier molecular flexibility index (Phi) is 5.48. The maximum absolute atomic E-state index is 11.7. The van der Waals surface area contributed by atoms with E-state index in [0.29, 0.717) is 5.56 Å². The fourth-order valence-electron chi connectivity index (χ4n) is 1.37. The Hall–Kier alpha value is -1.91. The normalized spacial score (nSPS) is 12.4. The Morgan fingerprint density at radius 3 is 2.58 bits per heavy atom. The van der Waals surface area contributed by atoms with Gasteiger partial charge in [-0.1, -0.05) is 30.3 Å². The van der Waals surface area contributed by atoms with Crippen LogP contribution < -0.4 is 4.72 Å². The zero-order chi connectivity index (χ0) is 14.3. The van der Waals surface area contributed by atoms with Crippen LogP contribution in [0.2, 0.25) is 0 Å². The first-order chi connectivity index (χ1) is 8.98. The van der Waals surface area contributed by atoms with E-state index in [2.05, 4.69) is 9.46 Å². The molecule has 7 heteroatoms. The molecule has 19 heavy (non-hydrogen) atoms. The van der Waals surface area contributed by atoms with E-state index < -0.39 is 27.8 Å². The van der Waals surface area contributed by atoms with Gasteiger partial charge in [0.05, 0.1) is 25.4 Å². The minimum atomic E-state index is -3.72. The highest BCUT2D eigenvalue weighted by Gasteiger charge is 2.20. The van der Waals surface area contributed by atoms with Crippen molar-refractivity contribution in [1.29, 1.82) is 5.26 Å². The molecule has 0 bridgehead atoms. The highest BCUT2D eigenvalue weighted by atomic mass is 32.2. The first kappa shape index (κ1) is 15.1. The second kappa shape index (κ2) is 6.87. The van der Waals surface area contributed by atoms with Crippen molar-refractivity contribution in [3.05, 3.63) is 35.9 Å². The zero-order valence-electron chi connectivity index (χ0n) is 10.4. The average molecular weight is 282 g/mol. The number of esters is 1. The summed E-state index contributed by atoms with van der Waals surface area (Å²) in [6.07, 6.45) is -0.251. The van der Waals surface area contributed by atoms with E-state index in [1.165, 1.54) is 7.11 Å². The van der Waals surface area contributed by atoms with Crippen molar-refractivity contribution in [2.75, 3.05) is 12.9 Å².